The van der Waals surface area contributed by atoms with E-state index in [1.54, 1.807) is 0 Å². The lowest BCUT2D eigenvalue weighted by atomic mass is 10.1. The maximum absolute atomic E-state index is 12.9. The average Bonchev–Trinajstić information content (AvgIpc) is 2.65. The number of nitrogens with zero attached hydrogens (tertiary/aromatic N) is 1. The standard InChI is InChI=1S/C9H5BrClFN2O2S/c10-7-3-5(12)1-2-6(7)9-8(4-13-14-9)17(11,15)16/h1-4H,(H,13,14). The first-order valence-electron chi connectivity index (χ1n) is 4.33. The molecule has 0 aliphatic carbocycles. The highest BCUT2D eigenvalue weighted by molar-refractivity contribution is 9.10. The van der Waals surface area contributed by atoms with Crippen LogP contribution in [0, 0.1) is 5.82 Å². The van der Waals surface area contributed by atoms with Crippen molar-refractivity contribution < 1.29 is 12.8 Å². The summed E-state index contributed by atoms with van der Waals surface area (Å²) in [5.74, 6) is -0.435. The number of benzene rings is 1. The van der Waals surface area contributed by atoms with Gasteiger partial charge in [-0.25, -0.2) is 12.8 Å². The second-order valence-electron chi connectivity index (χ2n) is 3.17. The van der Waals surface area contributed by atoms with Crippen LogP contribution in [0.1, 0.15) is 0 Å². The fourth-order valence-electron chi connectivity index (χ4n) is 1.35. The van der Waals surface area contributed by atoms with Crippen LogP contribution < -0.4 is 0 Å². The lowest BCUT2D eigenvalue weighted by Crippen LogP contribution is -1.92. The molecule has 0 spiro atoms. The lowest BCUT2D eigenvalue weighted by Gasteiger charge is -2.03. The molecule has 0 atom stereocenters. The van der Waals surface area contributed by atoms with Crippen molar-refractivity contribution in [1.29, 1.82) is 0 Å². The number of hydrogen-bond acceptors (Lipinski definition) is 3. The van der Waals surface area contributed by atoms with Crippen molar-refractivity contribution in [1.82, 2.24) is 10.2 Å². The molecule has 0 amide bonds. The van der Waals surface area contributed by atoms with Gasteiger partial charge in [-0.1, -0.05) is 0 Å². The minimum atomic E-state index is -3.90. The predicted octanol–water partition coefficient (Wildman–Crippen LogP) is 2.91. The first kappa shape index (κ1) is 12.5. The summed E-state index contributed by atoms with van der Waals surface area (Å²) < 4.78 is 35.9. The van der Waals surface area contributed by atoms with E-state index in [0.717, 1.165) is 6.20 Å². The van der Waals surface area contributed by atoms with E-state index in [9.17, 15) is 12.8 Å². The molecule has 0 aliphatic rings. The fourth-order valence-corrected chi connectivity index (χ4v) is 2.82. The van der Waals surface area contributed by atoms with Crippen LogP contribution in [0.25, 0.3) is 11.3 Å². The molecule has 0 bridgehead atoms. The van der Waals surface area contributed by atoms with E-state index in [1.807, 2.05) is 0 Å². The van der Waals surface area contributed by atoms with Gasteiger partial charge in [0.15, 0.2) is 0 Å². The van der Waals surface area contributed by atoms with Crippen molar-refractivity contribution in [3.8, 4) is 11.3 Å². The summed E-state index contributed by atoms with van der Waals surface area (Å²) in [5, 5.41) is 6.15. The van der Waals surface area contributed by atoms with E-state index in [4.69, 9.17) is 10.7 Å². The summed E-state index contributed by atoms with van der Waals surface area (Å²) in [4.78, 5) is -0.147. The Morgan fingerprint density at radius 2 is 2.12 bits per heavy atom. The normalized spacial score (nSPS) is 11.7. The van der Waals surface area contributed by atoms with Gasteiger partial charge < -0.3 is 0 Å². The molecule has 17 heavy (non-hydrogen) atoms. The maximum Gasteiger partial charge on any atom is 0.265 e. The highest BCUT2D eigenvalue weighted by atomic mass is 79.9. The van der Waals surface area contributed by atoms with E-state index < -0.39 is 14.9 Å². The Balaban J connectivity index is 2.66. The molecule has 0 fully saturated rings. The lowest BCUT2D eigenvalue weighted by molar-refractivity contribution is 0.610. The monoisotopic (exact) mass is 338 g/mol. The molecule has 1 aromatic carbocycles. The van der Waals surface area contributed by atoms with Crippen molar-refractivity contribution in [3.05, 3.63) is 34.7 Å². The molecule has 8 heteroatoms. The fraction of sp³-hybridized carbons (Fsp3) is 0. The zero-order chi connectivity index (χ0) is 12.6. The van der Waals surface area contributed by atoms with Crippen molar-refractivity contribution in [2.24, 2.45) is 0 Å². The molecule has 1 heterocycles. The third-order valence-electron chi connectivity index (χ3n) is 2.07. The topological polar surface area (TPSA) is 62.8 Å². The minimum absolute atomic E-state index is 0.147. The number of H-pyrrole nitrogens is 1. The Morgan fingerprint density at radius 3 is 2.71 bits per heavy atom. The Kier molecular flexibility index (Phi) is 3.24. The van der Waals surface area contributed by atoms with Gasteiger partial charge in [0.2, 0.25) is 0 Å². The summed E-state index contributed by atoms with van der Waals surface area (Å²) in [7, 11) is 1.36. The molecule has 1 aromatic heterocycles. The minimum Gasteiger partial charge on any atom is -0.276 e. The summed E-state index contributed by atoms with van der Waals surface area (Å²) in [6.45, 7) is 0. The van der Waals surface area contributed by atoms with E-state index in [0.29, 0.717) is 10.0 Å². The third kappa shape index (κ3) is 2.51. The van der Waals surface area contributed by atoms with Crippen molar-refractivity contribution >= 4 is 35.7 Å². The van der Waals surface area contributed by atoms with Crippen LogP contribution in [0.3, 0.4) is 0 Å². The van der Waals surface area contributed by atoms with E-state index >= 15 is 0 Å². The molecular weight excluding hydrogens is 335 g/mol. The predicted molar refractivity (Wildman–Crippen MR) is 64.7 cm³/mol. The van der Waals surface area contributed by atoms with Crippen LogP contribution in [-0.4, -0.2) is 18.6 Å². The molecule has 0 saturated carbocycles. The van der Waals surface area contributed by atoms with Gasteiger partial charge in [0, 0.05) is 20.7 Å². The zero-order valence-corrected chi connectivity index (χ0v) is 11.3. The zero-order valence-electron chi connectivity index (χ0n) is 8.12. The first-order chi connectivity index (χ1) is 7.89. The van der Waals surface area contributed by atoms with Gasteiger partial charge in [-0.3, -0.25) is 5.10 Å². The largest absolute Gasteiger partial charge is 0.276 e. The van der Waals surface area contributed by atoms with Crippen LogP contribution in [0.5, 0.6) is 0 Å². The molecule has 1 N–H and O–H groups in total. The van der Waals surface area contributed by atoms with Crippen LogP contribution in [0.15, 0.2) is 33.8 Å². The number of halogens is 3. The number of aromatic amines is 1. The SMILES string of the molecule is O=S(=O)(Cl)c1cn[nH]c1-c1ccc(F)cc1Br. The smallest absolute Gasteiger partial charge is 0.265 e. The molecule has 4 nitrogen and oxygen atoms in total. The second-order valence-corrected chi connectivity index (χ2v) is 6.56. The quantitative estimate of drug-likeness (QED) is 0.856. The highest BCUT2D eigenvalue weighted by Crippen LogP contribution is 2.32. The van der Waals surface area contributed by atoms with Gasteiger partial charge in [0.25, 0.3) is 9.05 Å². The van der Waals surface area contributed by atoms with Gasteiger partial charge in [0.1, 0.15) is 10.7 Å². The van der Waals surface area contributed by atoms with Crippen LogP contribution in [0.2, 0.25) is 0 Å². The van der Waals surface area contributed by atoms with Gasteiger partial charge in [0.05, 0.1) is 11.9 Å². The molecule has 0 saturated heterocycles. The van der Waals surface area contributed by atoms with Crippen molar-refractivity contribution in [2.45, 2.75) is 4.90 Å². The van der Waals surface area contributed by atoms with Gasteiger partial charge >= 0.3 is 0 Å². The number of nitrogens with one attached hydrogen (secondary N) is 1. The molecule has 2 rings (SSSR count). The van der Waals surface area contributed by atoms with Crippen LogP contribution in [-0.2, 0) is 9.05 Å². The van der Waals surface area contributed by atoms with Gasteiger partial charge in [-0.05, 0) is 34.1 Å². The average molecular weight is 340 g/mol. The Bertz CT molecular complexity index is 671. The Labute approximate surface area is 109 Å². The summed E-state index contributed by atoms with van der Waals surface area (Å²) in [6, 6.07) is 3.87. The number of hydrogen-bond donors (Lipinski definition) is 1. The van der Waals surface area contributed by atoms with Crippen molar-refractivity contribution in [2.75, 3.05) is 0 Å². The van der Waals surface area contributed by atoms with Crippen LogP contribution >= 0.6 is 26.6 Å². The second kappa shape index (κ2) is 4.40. The Hall–Kier alpha value is -0.920. The number of aromatic nitrogens is 2. The summed E-state index contributed by atoms with van der Waals surface area (Å²) in [5.41, 5.74) is 0.676. The summed E-state index contributed by atoms with van der Waals surface area (Å²) in [6.07, 6.45) is 1.10. The van der Waals surface area contributed by atoms with E-state index in [1.165, 1.54) is 18.2 Å². The molecule has 0 unspecified atom stereocenters. The Morgan fingerprint density at radius 1 is 1.41 bits per heavy atom. The molecule has 2 aromatic rings. The maximum atomic E-state index is 12.9. The molecule has 0 aliphatic heterocycles. The van der Waals surface area contributed by atoms with Gasteiger partial charge in [-0.2, -0.15) is 5.10 Å². The molecular formula is C9H5BrClFN2O2S. The number of rotatable bonds is 2. The third-order valence-corrected chi connectivity index (χ3v) is 4.06. The first-order valence-corrected chi connectivity index (χ1v) is 7.43. The highest BCUT2D eigenvalue weighted by Gasteiger charge is 2.20. The van der Waals surface area contributed by atoms with Crippen LogP contribution in [0.4, 0.5) is 4.39 Å². The molecule has 90 valence electrons. The summed E-state index contributed by atoms with van der Waals surface area (Å²) >= 11 is 3.14. The van der Waals surface area contributed by atoms with Gasteiger partial charge in [-0.15, -0.1) is 0 Å². The van der Waals surface area contributed by atoms with E-state index in [2.05, 4.69) is 26.1 Å². The van der Waals surface area contributed by atoms with Crippen molar-refractivity contribution in [3.63, 3.8) is 0 Å². The molecule has 0 radical (unpaired) electrons. The van der Waals surface area contributed by atoms with E-state index in [-0.39, 0.29) is 10.6 Å².